The maximum absolute atomic E-state index is 15.1. The normalized spacial score (nSPS) is 19.5. The number of hydrogen-bond acceptors (Lipinski definition) is 4. The molecule has 2 aliphatic rings. The fourth-order valence-corrected chi connectivity index (χ4v) is 5.31. The molecule has 1 aliphatic carbocycles. The number of aliphatic hydroxyl groups excluding tert-OH is 1. The van der Waals surface area contributed by atoms with Crippen LogP contribution in [-0.4, -0.2) is 51.4 Å². The van der Waals surface area contributed by atoms with Crippen molar-refractivity contribution in [3.63, 3.8) is 0 Å². The number of likely N-dealkylation sites (tertiary alicyclic amines) is 1. The predicted molar refractivity (Wildman–Crippen MR) is 120 cm³/mol. The van der Waals surface area contributed by atoms with Crippen molar-refractivity contribution >= 4 is 16.9 Å². The third kappa shape index (κ3) is 4.84. The molecule has 5 rings (SSSR count). The van der Waals surface area contributed by atoms with Crippen LogP contribution in [0.5, 0.6) is 5.75 Å². The van der Waals surface area contributed by atoms with E-state index in [1.54, 1.807) is 4.90 Å². The van der Waals surface area contributed by atoms with Crippen LogP contribution in [0.2, 0.25) is 0 Å². The molecule has 1 fully saturated rings. The molecule has 6 nitrogen and oxygen atoms in total. The average molecular weight is 491 g/mol. The molecule has 186 valence electrons. The molecule has 0 spiro atoms. The number of H-pyrrole nitrogens is 1. The third-order valence-electron chi connectivity index (χ3n) is 6.93. The Hall–Kier alpha value is -3.14. The van der Waals surface area contributed by atoms with Gasteiger partial charge in [-0.05, 0) is 67.9 Å². The van der Waals surface area contributed by atoms with Crippen molar-refractivity contribution in [3.05, 3.63) is 58.7 Å². The molecular formula is C25H25F4N3O3. The third-order valence-corrected chi connectivity index (χ3v) is 6.93. The van der Waals surface area contributed by atoms with Gasteiger partial charge in [-0.25, -0.2) is 9.37 Å². The van der Waals surface area contributed by atoms with Gasteiger partial charge in [0, 0.05) is 41.7 Å². The van der Waals surface area contributed by atoms with E-state index in [4.69, 9.17) is 0 Å². The lowest BCUT2D eigenvalue weighted by Crippen LogP contribution is -2.38. The molecular weight excluding hydrogens is 466 g/mol. The van der Waals surface area contributed by atoms with E-state index in [-0.39, 0.29) is 29.0 Å². The zero-order valence-corrected chi connectivity index (χ0v) is 18.9. The van der Waals surface area contributed by atoms with Gasteiger partial charge in [0.2, 0.25) is 0 Å². The number of rotatable bonds is 3. The quantitative estimate of drug-likeness (QED) is 0.405. The highest BCUT2D eigenvalue weighted by Crippen LogP contribution is 2.39. The number of carbonyl (C=O) groups is 1. The van der Waals surface area contributed by atoms with Gasteiger partial charge in [-0.2, -0.15) is 0 Å². The van der Waals surface area contributed by atoms with Gasteiger partial charge in [0.15, 0.2) is 0 Å². The maximum atomic E-state index is 15.1. The molecule has 3 aromatic rings. The van der Waals surface area contributed by atoms with Gasteiger partial charge >= 0.3 is 6.36 Å². The summed E-state index contributed by atoms with van der Waals surface area (Å²) in [4.78, 5) is 22.1. The molecule has 1 atom stereocenters. The van der Waals surface area contributed by atoms with Crippen LogP contribution in [-0.2, 0) is 12.8 Å². The minimum Gasteiger partial charge on any atom is -0.406 e. The Kier molecular flexibility index (Phi) is 6.16. The lowest BCUT2D eigenvalue weighted by molar-refractivity contribution is -0.274. The monoisotopic (exact) mass is 491 g/mol. The zero-order valence-electron chi connectivity index (χ0n) is 18.9. The van der Waals surface area contributed by atoms with Gasteiger partial charge in [-0.3, -0.25) is 4.79 Å². The number of ether oxygens (including phenoxy) is 1. The largest absolute Gasteiger partial charge is 0.573 e. The van der Waals surface area contributed by atoms with E-state index < -0.39 is 12.5 Å². The van der Waals surface area contributed by atoms with Crippen LogP contribution in [0.15, 0.2) is 30.5 Å². The Balaban J connectivity index is 1.33. The number of nitrogens with one attached hydrogen (secondary N) is 1. The highest BCUT2D eigenvalue weighted by Gasteiger charge is 2.32. The van der Waals surface area contributed by atoms with E-state index in [2.05, 4.69) is 14.7 Å². The van der Waals surface area contributed by atoms with E-state index in [0.717, 1.165) is 41.6 Å². The lowest BCUT2D eigenvalue weighted by atomic mass is 9.86. The van der Waals surface area contributed by atoms with Crippen LogP contribution >= 0.6 is 0 Å². The number of carbonyl (C=O) groups excluding carboxylic acids is 1. The molecule has 0 radical (unpaired) electrons. The number of hydrogen-bond donors (Lipinski definition) is 2. The molecule has 3 heterocycles. The van der Waals surface area contributed by atoms with Crippen molar-refractivity contribution in [2.75, 3.05) is 13.1 Å². The van der Waals surface area contributed by atoms with Gasteiger partial charge in [-0.15, -0.1) is 13.2 Å². The molecule has 35 heavy (non-hydrogen) atoms. The van der Waals surface area contributed by atoms with E-state index in [1.807, 2.05) is 0 Å². The van der Waals surface area contributed by atoms with Crippen molar-refractivity contribution in [1.29, 1.82) is 0 Å². The first-order valence-electron chi connectivity index (χ1n) is 11.7. The maximum Gasteiger partial charge on any atom is 0.573 e. The molecule has 0 unspecified atom stereocenters. The van der Waals surface area contributed by atoms with Crippen LogP contribution in [0.4, 0.5) is 17.6 Å². The minimum atomic E-state index is -4.79. The lowest BCUT2D eigenvalue weighted by Gasteiger charge is -2.33. The number of amides is 1. The molecule has 10 heteroatoms. The van der Waals surface area contributed by atoms with Crippen LogP contribution in [0.3, 0.4) is 0 Å². The van der Waals surface area contributed by atoms with E-state index in [1.165, 1.54) is 18.3 Å². The predicted octanol–water partition coefficient (Wildman–Crippen LogP) is 4.86. The molecule has 1 aliphatic heterocycles. The summed E-state index contributed by atoms with van der Waals surface area (Å²) in [6, 6.07) is 4.84. The number of aliphatic hydroxyl groups is 1. The highest BCUT2D eigenvalue weighted by atomic mass is 19.4. The Labute approximate surface area is 198 Å². The topological polar surface area (TPSA) is 78.5 Å². The summed E-state index contributed by atoms with van der Waals surface area (Å²) in [6.07, 6.45) is -0.169. The number of nitrogens with zero attached hydrogens (tertiary/aromatic N) is 2. The Morgan fingerprint density at radius 1 is 1.14 bits per heavy atom. The first-order chi connectivity index (χ1) is 16.7. The Morgan fingerprint density at radius 2 is 1.86 bits per heavy atom. The van der Waals surface area contributed by atoms with Crippen LogP contribution in [0, 0.1) is 5.82 Å². The van der Waals surface area contributed by atoms with Crippen LogP contribution in [0.25, 0.3) is 11.0 Å². The van der Waals surface area contributed by atoms with Gasteiger partial charge in [0.25, 0.3) is 5.91 Å². The first kappa shape index (κ1) is 23.6. The molecule has 2 N–H and O–H groups in total. The minimum absolute atomic E-state index is 0.118. The summed E-state index contributed by atoms with van der Waals surface area (Å²) in [5.41, 5.74) is 3.41. The number of benzene rings is 1. The van der Waals surface area contributed by atoms with Gasteiger partial charge in [0.05, 0.1) is 12.3 Å². The summed E-state index contributed by atoms with van der Waals surface area (Å²) in [7, 11) is 0. The molecule has 0 saturated carbocycles. The van der Waals surface area contributed by atoms with E-state index in [9.17, 15) is 23.1 Å². The Bertz CT molecular complexity index is 1230. The number of aromatic nitrogens is 2. The van der Waals surface area contributed by atoms with Crippen molar-refractivity contribution in [3.8, 4) is 5.75 Å². The summed E-state index contributed by atoms with van der Waals surface area (Å²) in [6.45, 7) is 0.783. The Morgan fingerprint density at radius 3 is 2.54 bits per heavy atom. The van der Waals surface area contributed by atoms with E-state index >= 15 is 4.39 Å². The average Bonchev–Trinajstić information content (AvgIpc) is 3.04. The number of aromatic amines is 1. The van der Waals surface area contributed by atoms with Crippen molar-refractivity contribution < 1.29 is 32.2 Å². The van der Waals surface area contributed by atoms with Gasteiger partial charge in [0.1, 0.15) is 17.2 Å². The smallest absolute Gasteiger partial charge is 0.406 e. The van der Waals surface area contributed by atoms with Crippen LogP contribution < -0.4 is 4.74 Å². The fraction of sp³-hybridized carbons (Fsp3) is 0.440. The van der Waals surface area contributed by atoms with Gasteiger partial charge in [-0.1, -0.05) is 0 Å². The number of alkyl halides is 3. The highest BCUT2D eigenvalue weighted by molar-refractivity contribution is 5.94. The fourth-order valence-electron chi connectivity index (χ4n) is 5.31. The summed E-state index contributed by atoms with van der Waals surface area (Å²) < 4.78 is 56.1. The zero-order chi connectivity index (χ0) is 24.7. The standard InChI is InChI=1S/C25H25F4N3O3/c26-19-13-30-23-22(18-12-16(33)2-1-3-20(18)31-23)21(19)14-8-10-32(11-9-14)24(34)15-4-6-17(7-5-15)35-25(27,28)29/h4-7,13-14,16,33H,1-3,8-12H2,(H,30,31)/t16-/m1/s1. The molecule has 1 saturated heterocycles. The SMILES string of the molecule is O=C(c1ccc(OC(F)(F)F)cc1)N1CCC(c2c(F)cnc3[nH]c4c(c23)C[C@H](O)CCC4)CC1. The van der Waals surface area contributed by atoms with Crippen LogP contribution in [0.1, 0.15) is 58.8 Å². The van der Waals surface area contributed by atoms with Crippen molar-refractivity contribution in [2.24, 2.45) is 0 Å². The molecule has 1 amide bonds. The number of halogens is 4. The molecule has 1 aromatic carbocycles. The number of pyridine rings is 1. The molecule has 2 aromatic heterocycles. The summed E-state index contributed by atoms with van der Waals surface area (Å²) in [5, 5.41) is 11.1. The van der Waals surface area contributed by atoms with E-state index in [0.29, 0.717) is 50.0 Å². The molecule has 0 bridgehead atoms. The summed E-state index contributed by atoms with van der Waals surface area (Å²) in [5.74, 6) is -1.18. The number of piperidine rings is 1. The number of fused-ring (bicyclic) bond motifs is 3. The second-order valence-corrected chi connectivity index (χ2v) is 9.21. The second kappa shape index (κ2) is 9.14. The van der Waals surface area contributed by atoms with Crippen molar-refractivity contribution in [1.82, 2.24) is 14.9 Å². The first-order valence-corrected chi connectivity index (χ1v) is 11.7. The van der Waals surface area contributed by atoms with Crippen molar-refractivity contribution in [2.45, 2.75) is 56.9 Å². The summed E-state index contributed by atoms with van der Waals surface area (Å²) >= 11 is 0. The number of aryl methyl sites for hydroxylation is 1. The van der Waals surface area contributed by atoms with Gasteiger partial charge < -0.3 is 19.7 Å². The second-order valence-electron chi connectivity index (χ2n) is 9.21.